The van der Waals surface area contributed by atoms with Crippen molar-refractivity contribution in [1.29, 1.82) is 0 Å². The lowest BCUT2D eigenvalue weighted by atomic mass is 10.1. The SMILES string of the molecule is Cc1cccc(CO)c1OCCOc1cccc(Br)c1. The number of para-hydroxylation sites is 1. The van der Waals surface area contributed by atoms with Crippen LogP contribution >= 0.6 is 15.9 Å². The molecule has 0 radical (unpaired) electrons. The summed E-state index contributed by atoms with van der Waals surface area (Å²) < 4.78 is 12.3. The maximum atomic E-state index is 9.29. The molecular weight excluding hydrogens is 320 g/mol. The van der Waals surface area contributed by atoms with Crippen molar-refractivity contribution in [3.63, 3.8) is 0 Å². The van der Waals surface area contributed by atoms with Gasteiger partial charge in [0, 0.05) is 10.0 Å². The summed E-state index contributed by atoms with van der Waals surface area (Å²) in [6.45, 7) is 2.83. The lowest BCUT2D eigenvalue weighted by Crippen LogP contribution is -2.10. The number of rotatable bonds is 6. The second-order valence-electron chi connectivity index (χ2n) is 4.38. The Hall–Kier alpha value is -1.52. The predicted octanol–water partition coefficient (Wildman–Crippen LogP) is 3.71. The zero-order valence-corrected chi connectivity index (χ0v) is 12.9. The van der Waals surface area contributed by atoms with Gasteiger partial charge < -0.3 is 14.6 Å². The maximum Gasteiger partial charge on any atom is 0.127 e. The van der Waals surface area contributed by atoms with Gasteiger partial charge in [0.05, 0.1) is 6.61 Å². The first-order valence-electron chi connectivity index (χ1n) is 6.41. The van der Waals surface area contributed by atoms with E-state index < -0.39 is 0 Å². The van der Waals surface area contributed by atoms with Gasteiger partial charge in [0.15, 0.2) is 0 Å². The summed E-state index contributed by atoms with van der Waals surface area (Å²) in [6, 6.07) is 13.4. The van der Waals surface area contributed by atoms with E-state index in [1.54, 1.807) is 0 Å². The molecule has 0 aliphatic heterocycles. The Morgan fingerprint density at radius 3 is 2.55 bits per heavy atom. The largest absolute Gasteiger partial charge is 0.490 e. The fourth-order valence-electron chi connectivity index (χ4n) is 1.90. The van der Waals surface area contributed by atoms with E-state index >= 15 is 0 Å². The first-order valence-corrected chi connectivity index (χ1v) is 7.20. The highest BCUT2D eigenvalue weighted by molar-refractivity contribution is 9.10. The molecule has 0 fully saturated rings. The molecule has 0 bridgehead atoms. The molecule has 0 spiro atoms. The van der Waals surface area contributed by atoms with E-state index in [-0.39, 0.29) is 6.61 Å². The summed E-state index contributed by atoms with van der Waals surface area (Å²) in [5.74, 6) is 1.54. The smallest absolute Gasteiger partial charge is 0.127 e. The van der Waals surface area contributed by atoms with E-state index in [9.17, 15) is 5.11 Å². The minimum atomic E-state index is -0.0243. The minimum absolute atomic E-state index is 0.0243. The average Bonchev–Trinajstić information content (AvgIpc) is 2.45. The van der Waals surface area contributed by atoms with E-state index in [1.807, 2.05) is 49.4 Å². The van der Waals surface area contributed by atoms with Crippen LogP contribution in [0.2, 0.25) is 0 Å². The normalized spacial score (nSPS) is 10.3. The van der Waals surface area contributed by atoms with Gasteiger partial charge in [0.1, 0.15) is 24.7 Å². The van der Waals surface area contributed by atoms with Crippen molar-refractivity contribution in [2.24, 2.45) is 0 Å². The van der Waals surface area contributed by atoms with Gasteiger partial charge in [-0.05, 0) is 30.7 Å². The van der Waals surface area contributed by atoms with Gasteiger partial charge in [-0.15, -0.1) is 0 Å². The van der Waals surface area contributed by atoms with Gasteiger partial charge in [0.25, 0.3) is 0 Å². The van der Waals surface area contributed by atoms with Crippen molar-refractivity contribution in [1.82, 2.24) is 0 Å². The quantitative estimate of drug-likeness (QED) is 0.817. The standard InChI is InChI=1S/C16H17BrO3/c1-12-4-2-5-13(11-18)16(12)20-9-8-19-15-7-3-6-14(17)10-15/h2-7,10,18H,8-9,11H2,1H3. The van der Waals surface area contributed by atoms with Crippen LogP contribution in [0.15, 0.2) is 46.9 Å². The van der Waals surface area contributed by atoms with E-state index in [0.29, 0.717) is 13.2 Å². The van der Waals surface area contributed by atoms with Gasteiger partial charge in [0.2, 0.25) is 0 Å². The molecule has 2 rings (SSSR count). The van der Waals surface area contributed by atoms with Crippen molar-refractivity contribution in [3.05, 3.63) is 58.1 Å². The fourth-order valence-corrected chi connectivity index (χ4v) is 2.28. The fraction of sp³-hybridized carbons (Fsp3) is 0.250. The maximum absolute atomic E-state index is 9.29. The number of aliphatic hydroxyl groups is 1. The third-order valence-electron chi connectivity index (χ3n) is 2.86. The number of benzene rings is 2. The molecule has 0 heterocycles. The number of halogens is 1. The van der Waals surface area contributed by atoms with Crippen LogP contribution in [0, 0.1) is 6.92 Å². The molecule has 0 aliphatic rings. The number of aryl methyl sites for hydroxylation is 1. The summed E-state index contributed by atoms with van der Waals surface area (Å²) >= 11 is 3.40. The molecule has 20 heavy (non-hydrogen) atoms. The Labute approximate surface area is 127 Å². The second kappa shape index (κ2) is 7.31. The molecule has 2 aromatic rings. The average molecular weight is 337 g/mol. The lowest BCUT2D eigenvalue weighted by molar-refractivity contribution is 0.209. The highest BCUT2D eigenvalue weighted by Gasteiger charge is 2.06. The van der Waals surface area contributed by atoms with E-state index in [2.05, 4.69) is 15.9 Å². The van der Waals surface area contributed by atoms with Crippen LogP contribution in [0.25, 0.3) is 0 Å². The summed E-state index contributed by atoms with van der Waals surface area (Å²) in [5.41, 5.74) is 1.81. The molecule has 0 unspecified atom stereocenters. The van der Waals surface area contributed by atoms with Crippen LogP contribution < -0.4 is 9.47 Å². The summed E-state index contributed by atoms with van der Waals surface area (Å²) in [6.07, 6.45) is 0. The molecule has 106 valence electrons. The van der Waals surface area contributed by atoms with Crippen molar-refractivity contribution in [2.45, 2.75) is 13.5 Å². The third kappa shape index (κ3) is 3.99. The molecule has 4 heteroatoms. The summed E-state index contributed by atoms with van der Waals surface area (Å²) in [5, 5.41) is 9.29. The molecule has 0 aromatic heterocycles. The molecule has 2 aromatic carbocycles. The monoisotopic (exact) mass is 336 g/mol. The molecule has 0 saturated carbocycles. The highest BCUT2D eigenvalue weighted by atomic mass is 79.9. The molecule has 3 nitrogen and oxygen atoms in total. The Bertz CT molecular complexity index is 569. The van der Waals surface area contributed by atoms with Crippen LogP contribution in [0.5, 0.6) is 11.5 Å². The Balaban J connectivity index is 1.87. The van der Waals surface area contributed by atoms with Crippen LogP contribution in [-0.4, -0.2) is 18.3 Å². The van der Waals surface area contributed by atoms with E-state index in [1.165, 1.54) is 0 Å². The van der Waals surface area contributed by atoms with Crippen LogP contribution in [0.1, 0.15) is 11.1 Å². The molecule has 1 N–H and O–H groups in total. The molecule has 0 amide bonds. The Morgan fingerprint density at radius 2 is 1.80 bits per heavy atom. The topological polar surface area (TPSA) is 38.7 Å². The van der Waals surface area contributed by atoms with Gasteiger partial charge in [-0.3, -0.25) is 0 Å². The lowest BCUT2D eigenvalue weighted by Gasteiger charge is -2.13. The van der Waals surface area contributed by atoms with Gasteiger partial charge in [-0.25, -0.2) is 0 Å². The first kappa shape index (κ1) is 14.9. The molecule has 0 aliphatic carbocycles. The summed E-state index contributed by atoms with van der Waals surface area (Å²) in [4.78, 5) is 0. The number of aliphatic hydroxyl groups excluding tert-OH is 1. The van der Waals surface area contributed by atoms with Gasteiger partial charge in [-0.1, -0.05) is 40.2 Å². The van der Waals surface area contributed by atoms with Gasteiger partial charge in [-0.2, -0.15) is 0 Å². The second-order valence-corrected chi connectivity index (χ2v) is 5.29. The number of hydrogen-bond acceptors (Lipinski definition) is 3. The van der Waals surface area contributed by atoms with Crippen LogP contribution in [0.4, 0.5) is 0 Å². The van der Waals surface area contributed by atoms with Crippen LogP contribution in [0.3, 0.4) is 0 Å². The minimum Gasteiger partial charge on any atom is -0.490 e. The van der Waals surface area contributed by atoms with Crippen molar-refractivity contribution in [3.8, 4) is 11.5 Å². The number of hydrogen-bond donors (Lipinski definition) is 1. The predicted molar refractivity (Wildman–Crippen MR) is 82.2 cm³/mol. The first-order chi connectivity index (χ1) is 9.70. The Morgan fingerprint density at radius 1 is 1.05 bits per heavy atom. The third-order valence-corrected chi connectivity index (χ3v) is 3.35. The zero-order chi connectivity index (χ0) is 14.4. The summed E-state index contributed by atoms with van der Waals surface area (Å²) in [7, 11) is 0. The van der Waals surface area contributed by atoms with Gasteiger partial charge >= 0.3 is 0 Å². The van der Waals surface area contributed by atoms with Crippen LogP contribution in [-0.2, 0) is 6.61 Å². The Kier molecular flexibility index (Phi) is 5.44. The number of ether oxygens (including phenoxy) is 2. The molecular formula is C16H17BrO3. The molecule has 0 saturated heterocycles. The van der Waals surface area contributed by atoms with Crippen molar-refractivity contribution in [2.75, 3.05) is 13.2 Å². The van der Waals surface area contributed by atoms with Crippen molar-refractivity contribution < 1.29 is 14.6 Å². The molecule has 0 atom stereocenters. The highest BCUT2D eigenvalue weighted by Crippen LogP contribution is 2.23. The van der Waals surface area contributed by atoms with E-state index in [0.717, 1.165) is 27.1 Å². The van der Waals surface area contributed by atoms with Crippen molar-refractivity contribution >= 4 is 15.9 Å². The van der Waals surface area contributed by atoms with E-state index in [4.69, 9.17) is 9.47 Å². The zero-order valence-electron chi connectivity index (χ0n) is 11.3.